The van der Waals surface area contributed by atoms with Crippen molar-refractivity contribution in [2.45, 2.75) is 51.9 Å². The minimum atomic E-state index is -0.285. The molecule has 1 atom stereocenters. The summed E-state index contributed by atoms with van der Waals surface area (Å²) in [5.74, 6) is -0.150. The van der Waals surface area contributed by atoms with Gasteiger partial charge in [-0.3, -0.25) is 9.59 Å². The van der Waals surface area contributed by atoms with E-state index in [9.17, 15) is 14.0 Å². The first-order valence-corrected chi connectivity index (χ1v) is 12.5. The first kappa shape index (κ1) is 24.2. The number of halogens is 1. The monoisotopic (exact) mass is 490 g/mol. The third-order valence-electron chi connectivity index (χ3n) is 7.15. The molecule has 0 aliphatic carbocycles. The lowest BCUT2D eigenvalue weighted by Crippen LogP contribution is -2.42. The quantitative estimate of drug-likeness (QED) is 0.552. The number of likely N-dealkylation sites (tertiary alicyclic amines) is 1. The Morgan fingerprint density at radius 2 is 1.86 bits per heavy atom. The SMILES string of the molecule is CC(C)c1cccc(NC(=O)C2CCN(C(=O)c3ncn4c3COC(c3ccc(F)cc3)C4)CC2)c1. The predicted molar refractivity (Wildman–Crippen MR) is 134 cm³/mol. The fourth-order valence-corrected chi connectivity index (χ4v) is 4.90. The second kappa shape index (κ2) is 10.2. The highest BCUT2D eigenvalue weighted by atomic mass is 19.1. The number of amides is 2. The zero-order chi connectivity index (χ0) is 25.2. The van der Waals surface area contributed by atoms with Crippen LogP contribution in [0.1, 0.15) is 66.0 Å². The zero-order valence-corrected chi connectivity index (χ0v) is 20.6. The lowest BCUT2D eigenvalue weighted by Gasteiger charge is -2.31. The van der Waals surface area contributed by atoms with Gasteiger partial charge in [0, 0.05) is 24.7 Å². The molecule has 0 bridgehead atoms. The highest BCUT2D eigenvalue weighted by molar-refractivity contribution is 5.95. The lowest BCUT2D eigenvalue weighted by atomic mass is 9.95. The molecular formula is C28H31FN4O3. The Morgan fingerprint density at radius 3 is 2.58 bits per heavy atom. The van der Waals surface area contributed by atoms with Crippen LogP contribution in [0.15, 0.2) is 54.9 Å². The summed E-state index contributed by atoms with van der Waals surface area (Å²) in [5, 5.41) is 3.04. The molecule has 3 aromatic rings. The molecule has 1 fully saturated rings. The van der Waals surface area contributed by atoms with Crippen molar-refractivity contribution in [3.63, 3.8) is 0 Å². The number of anilines is 1. The largest absolute Gasteiger partial charge is 0.365 e. The Bertz CT molecular complexity index is 1250. The number of aromatic nitrogens is 2. The van der Waals surface area contributed by atoms with Crippen molar-refractivity contribution in [1.82, 2.24) is 14.5 Å². The molecule has 2 aromatic carbocycles. The molecule has 2 amide bonds. The molecule has 8 heteroatoms. The third-order valence-corrected chi connectivity index (χ3v) is 7.15. The van der Waals surface area contributed by atoms with Crippen LogP contribution in [0, 0.1) is 11.7 Å². The third kappa shape index (κ3) is 5.04. The number of hydrogen-bond donors (Lipinski definition) is 1. The van der Waals surface area contributed by atoms with Crippen LogP contribution in [0.4, 0.5) is 10.1 Å². The lowest BCUT2D eigenvalue weighted by molar-refractivity contribution is -0.121. The molecule has 7 nitrogen and oxygen atoms in total. The number of nitrogens with one attached hydrogen (secondary N) is 1. The van der Waals surface area contributed by atoms with E-state index in [2.05, 4.69) is 30.2 Å². The van der Waals surface area contributed by atoms with Crippen LogP contribution in [-0.2, 0) is 22.7 Å². The summed E-state index contributed by atoms with van der Waals surface area (Å²) in [6.07, 6.45) is 2.68. The fraction of sp³-hybridized carbons (Fsp3) is 0.393. The minimum absolute atomic E-state index is 0.00242. The van der Waals surface area contributed by atoms with Gasteiger partial charge in [-0.15, -0.1) is 0 Å². The van der Waals surface area contributed by atoms with E-state index < -0.39 is 0 Å². The first-order valence-electron chi connectivity index (χ1n) is 12.5. The number of hydrogen-bond acceptors (Lipinski definition) is 4. The average molecular weight is 491 g/mol. The van der Waals surface area contributed by atoms with Gasteiger partial charge < -0.3 is 19.5 Å². The Morgan fingerprint density at radius 1 is 1.11 bits per heavy atom. The van der Waals surface area contributed by atoms with Crippen molar-refractivity contribution in [2.24, 2.45) is 5.92 Å². The molecule has 1 saturated heterocycles. The van der Waals surface area contributed by atoms with Gasteiger partial charge in [-0.2, -0.15) is 0 Å². The van der Waals surface area contributed by atoms with Crippen molar-refractivity contribution in [2.75, 3.05) is 18.4 Å². The van der Waals surface area contributed by atoms with E-state index in [0.29, 0.717) is 44.1 Å². The topological polar surface area (TPSA) is 76.5 Å². The van der Waals surface area contributed by atoms with Gasteiger partial charge in [0.15, 0.2) is 5.69 Å². The normalized spacial score (nSPS) is 18.2. The maximum atomic E-state index is 13.2. The molecule has 5 rings (SSSR count). The van der Waals surface area contributed by atoms with Crippen molar-refractivity contribution < 1.29 is 18.7 Å². The number of carbonyl (C=O) groups is 2. The Hall–Kier alpha value is -3.52. The number of fused-ring (bicyclic) bond motifs is 1. The number of nitrogens with zero attached hydrogens (tertiary/aromatic N) is 3. The summed E-state index contributed by atoms with van der Waals surface area (Å²) in [5.41, 5.74) is 4.04. The number of carbonyl (C=O) groups excluding carboxylic acids is 2. The maximum Gasteiger partial charge on any atom is 0.274 e. The van der Waals surface area contributed by atoms with E-state index in [0.717, 1.165) is 16.9 Å². The van der Waals surface area contributed by atoms with Gasteiger partial charge in [0.2, 0.25) is 5.91 Å². The van der Waals surface area contributed by atoms with Crippen molar-refractivity contribution in [3.05, 3.63) is 83.2 Å². The Kier molecular flexibility index (Phi) is 6.87. The van der Waals surface area contributed by atoms with Gasteiger partial charge in [0.05, 0.1) is 25.2 Å². The van der Waals surface area contributed by atoms with E-state index in [-0.39, 0.29) is 36.3 Å². The van der Waals surface area contributed by atoms with Crippen LogP contribution < -0.4 is 5.32 Å². The molecule has 2 aliphatic rings. The highest BCUT2D eigenvalue weighted by Gasteiger charge is 2.32. The molecule has 0 radical (unpaired) electrons. The molecule has 36 heavy (non-hydrogen) atoms. The second-order valence-electron chi connectivity index (χ2n) is 9.88. The molecule has 188 valence electrons. The van der Waals surface area contributed by atoms with Crippen LogP contribution in [0.2, 0.25) is 0 Å². The van der Waals surface area contributed by atoms with Crippen LogP contribution >= 0.6 is 0 Å². The van der Waals surface area contributed by atoms with Crippen molar-refractivity contribution in [1.29, 1.82) is 0 Å². The first-order chi connectivity index (χ1) is 17.4. The Labute approximate surface area is 210 Å². The number of benzene rings is 2. The summed E-state index contributed by atoms with van der Waals surface area (Å²) >= 11 is 0. The van der Waals surface area contributed by atoms with Crippen molar-refractivity contribution in [3.8, 4) is 0 Å². The Balaban J connectivity index is 1.18. The molecule has 1 N–H and O–H groups in total. The van der Waals surface area contributed by atoms with Crippen molar-refractivity contribution >= 4 is 17.5 Å². The van der Waals surface area contributed by atoms with E-state index in [1.807, 2.05) is 22.8 Å². The summed E-state index contributed by atoms with van der Waals surface area (Å²) in [6, 6.07) is 14.2. The highest BCUT2D eigenvalue weighted by Crippen LogP contribution is 2.29. The number of rotatable bonds is 5. The summed E-state index contributed by atoms with van der Waals surface area (Å²) in [7, 11) is 0. The zero-order valence-electron chi connectivity index (χ0n) is 20.6. The van der Waals surface area contributed by atoms with Gasteiger partial charge in [-0.1, -0.05) is 38.1 Å². The summed E-state index contributed by atoms with van der Waals surface area (Å²) < 4.78 is 21.2. The van der Waals surface area contributed by atoms with E-state index in [1.54, 1.807) is 23.4 Å². The average Bonchev–Trinajstić information content (AvgIpc) is 3.32. The van der Waals surface area contributed by atoms with Gasteiger partial charge >= 0.3 is 0 Å². The van der Waals surface area contributed by atoms with E-state index in [4.69, 9.17) is 4.74 Å². The van der Waals surface area contributed by atoms with Gasteiger partial charge in [0.25, 0.3) is 5.91 Å². The van der Waals surface area contributed by atoms with Gasteiger partial charge in [-0.05, 0) is 54.2 Å². The molecule has 2 aliphatic heterocycles. The number of imidazole rings is 1. The van der Waals surface area contributed by atoms with Gasteiger partial charge in [-0.25, -0.2) is 9.37 Å². The van der Waals surface area contributed by atoms with E-state index >= 15 is 0 Å². The maximum absolute atomic E-state index is 13.2. The van der Waals surface area contributed by atoms with Crippen LogP contribution in [-0.4, -0.2) is 39.4 Å². The second-order valence-corrected chi connectivity index (χ2v) is 9.88. The smallest absolute Gasteiger partial charge is 0.274 e. The number of ether oxygens (including phenoxy) is 1. The standard InChI is InChI=1S/C28H31FN4O3/c1-18(2)21-4-3-5-23(14-21)31-27(34)20-10-12-32(13-11-20)28(35)26-24-16-36-25(15-33(24)17-30-26)19-6-8-22(29)9-7-19/h3-9,14,17-18,20,25H,10-13,15-16H2,1-2H3,(H,31,34). The van der Waals surface area contributed by atoms with Crippen LogP contribution in [0.5, 0.6) is 0 Å². The van der Waals surface area contributed by atoms with E-state index in [1.165, 1.54) is 17.7 Å². The summed E-state index contributed by atoms with van der Waals surface area (Å²) in [4.78, 5) is 32.3. The molecule has 3 heterocycles. The molecule has 1 unspecified atom stereocenters. The fourth-order valence-electron chi connectivity index (χ4n) is 4.90. The van der Waals surface area contributed by atoms with Gasteiger partial charge in [0.1, 0.15) is 11.9 Å². The minimum Gasteiger partial charge on any atom is -0.365 e. The predicted octanol–water partition coefficient (Wildman–Crippen LogP) is 4.91. The molecule has 0 saturated carbocycles. The molecule has 1 aromatic heterocycles. The molecular weight excluding hydrogens is 459 g/mol. The van der Waals surface area contributed by atoms with Crippen LogP contribution in [0.25, 0.3) is 0 Å². The number of piperidine rings is 1. The summed E-state index contributed by atoms with van der Waals surface area (Å²) in [6.45, 7) is 6.05. The van der Waals surface area contributed by atoms with Crippen LogP contribution in [0.3, 0.4) is 0 Å². The molecule has 0 spiro atoms.